The van der Waals surface area contributed by atoms with Crippen LogP contribution in [0.5, 0.6) is 5.75 Å². The number of hydrogen-bond donors (Lipinski definition) is 1. The number of nitrogens with one attached hydrogen (secondary N) is 1. The monoisotopic (exact) mass is 749 g/mol. The van der Waals surface area contributed by atoms with E-state index in [1.807, 2.05) is 0 Å². The molecule has 0 bridgehead atoms. The topological polar surface area (TPSA) is 149 Å². The van der Waals surface area contributed by atoms with E-state index >= 15 is 0 Å². The van der Waals surface area contributed by atoms with Crippen molar-refractivity contribution < 1.29 is 66.4 Å². The van der Waals surface area contributed by atoms with Gasteiger partial charge in [-0.05, 0) is 30.7 Å². The van der Waals surface area contributed by atoms with Gasteiger partial charge in [0, 0.05) is 19.2 Å². The van der Waals surface area contributed by atoms with Gasteiger partial charge in [0.05, 0.1) is 152 Å². The molecule has 1 amide bonds. The number of hydrogen-bond acceptors (Lipinski definition) is 14. The molecule has 1 aromatic rings. The van der Waals surface area contributed by atoms with E-state index in [0.29, 0.717) is 164 Å². The third-order valence-corrected chi connectivity index (χ3v) is 6.66. The molecule has 52 heavy (non-hydrogen) atoms. The Morgan fingerprint density at radius 3 is 0.942 bits per heavy atom. The van der Waals surface area contributed by atoms with Crippen molar-refractivity contribution in [2.75, 3.05) is 170 Å². The standard InChI is InChI=1S/C37H67NO14/c1-3-4-5-10-40-11-12-41-13-14-42-15-16-43-17-18-44-19-20-45-21-22-46-23-24-47-25-26-48-27-28-49-29-30-50-31-32-51-33-34-52-37-8-6-36(7-9-37)38-35(2)39/h6-9H,3-5,10-34H2,1-2H3,(H,38,39). The Balaban J connectivity index is 1.64. The zero-order chi connectivity index (χ0) is 37.3. The van der Waals surface area contributed by atoms with Gasteiger partial charge in [-0.3, -0.25) is 4.79 Å². The van der Waals surface area contributed by atoms with Gasteiger partial charge < -0.3 is 66.9 Å². The molecular formula is C37H67NO14. The number of carbonyl (C=O) groups is 1. The van der Waals surface area contributed by atoms with Gasteiger partial charge >= 0.3 is 0 Å². The van der Waals surface area contributed by atoms with E-state index in [-0.39, 0.29) is 5.91 Å². The molecule has 1 rings (SSSR count). The van der Waals surface area contributed by atoms with E-state index < -0.39 is 0 Å². The van der Waals surface area contributed by atoms with Crippen LogP contribution in [0, 0.1) is 0 Å². The maximum absolute atomic E-state index is 11.0. The molecule has 0 aromatic heterocycles. The lowest BCUT2D eigenvalue weighted by Gasteiger charge is -2.09. The molecule has 0 unspecified atom stereocenters. The van der Waals surface area contributed by atoms with Crippen molar-refractivity contribution in [3.05, 3.63) is 24.3 Å². The van der Waals surface area contributed by atoms with Crippen molar-refractivity contribution in [3.8, 4) is 5.75 Å². The second-order valence-corrected chi connectivity index (χ2v) is 11.1. The summed E-state index contributed by atoms with van der Waals surface area (Å²) < 4.78 is 71.5. The van der Waals surface area contributed by atoms with Crippen LogP contribution in [0.25, 0.3) is 0 Å². The molecule has 15 heteroatoms. The number of amides is 1. The fourth-order valence-corrected chi connectivity index (χ4v) is 4.03. The van der Waals surface area contributed by atoms with Crippen molar-refractivity contribution >= 4 is 11.6 Å². The molecule has 0 radical (unpaired) electrons. The lowest BCUT2D eigenvalue weighted by atomic mass is 10.3. The van der Waals surface area contributed by atoms with Crippen LogP contribution in [0.2, 0.25) is 0 Å². The number of rotatable bonds is 42. The van der Waals surface area contributed by atoms with Crippen LogP contribution in [0.4, 0.5) is 5.69 Å². The first-order chi connectivity index (χ1) is 25.7. The van der Waals surface area contributed by atoms with Crippen LogP contribution in [0.15, 0.2) is 24.3 Å². The molecule has 0 aliphatic rings. The first-order valence-electron chi connectivity index (χ1n) is 18.7. The largest absolute Gasteiger partial charge is 0.491 e. The molecule has 304 valence electrons. The van der Waals surface area contributed by atoms with Crippen molar-refractivity contribution in [1.29, 1.82) is 0 Å². The number of ether oxygens (including phenoxy) is 13. The van der Waals surface area contributed by atoms with Crippen molar-refractivity contribution in [3.63, 3.8) is 0 Å². The molecule has 15 nitrogen and oxygen atoms in total. The van der Waals surface area contributed by atoms with Crippen LogP contribution < -0.4 is 10.1 Å². The summed E-state index contributed by atoms with van der Waals surface area (Å²) >= 11 is 0. The smallest absolute Gasteiger partial charge is 0.221 e. The van der Waals surface area contributed by atoms with Crippen LogP contribution in [-0.4, -0.2) is 171 Å². The third kappa shape index (κ3) is 36.4. The highest BCUT2D eigenvalue weighted by molar-refractivity contribution is 5.88. The van der Waals surface area contributed by atoms with E-state index in [9.17, 15) is 4.79 Å². The Labute approximate surface area is 311 Å². The molecule has 0 atom stereocenters. The van der Waals surface area contributed by atoms with Gasteiger partial charge in [0.25, 0.3) is 0 Å². The summed E-state index contributed by atoms with van der Waals surface area (Å²) in [6.07, 6.45) is 3.53. The van der Waals surface area contributed by atoms with Crippen molar-refractivity contribution in [2.45, 2.75) is 33.1 Å². The minimum Gasteiger partial charge on any atom is -0.491 e. The normalized spacial score (nSPS) is 11.3. The van der Waals surface area contributed by atoms with E-state index in [1.165, 1.54) is 19.8 Å². The van der Waals surface area contributed by atoms with Crippen LogP contribution in [0.1, 0.15) is 33.1 Å². The average Bonchev–Trinajstić information content (AvgIpc) is 3.14. The zero-order valence-corrected chi connectivity index (χ0v) is 31.8. The van der Waals surface area contributed by atoms with Crippen LogP contribution in [-0.2, 0) is 61.6 Å². The number of unbranched alkanes of at least 4 members (excludes halogenated alkanes) is 2. The molecule has 0 saturated heterocycles. The summed E-state index contributed by atoms with van der Waals surface area (Å²) in [7, 11) is 0. The second-order valence-electron chi connectivity index (χ2n) is 11.1. The number of benzene rings is 1. The first kappa shape index (κ1) is 48.0. The number of carbonyl (C=O) groups excluding carboxylic acids is 1. The first-order valence-corrected chi connectivity index (χ1v) is 18.7. The van der Waals surface area contributed by atoms with Crippen LogP contribution >= 0.6 is 0 Å². The van der Waals surface area contributed by atoms with Gasteiger partial charge in [0.1, 0.15) is 12.4 Å². The fourth-order valence-electron chi connectivity index (χ4n) is 4.03. The summed E-state index contributed by atoms with van der Waals surface area (Å²) in [5.74, 6) is 0.608. The Hall–Kier alpha value is -1.99. The third-order valence-electron chi connectivity index (χ3n) is 6.66. The Bertz CT molecular complexity index is 867. The average molecular weight is 750 g/mol. The Morgan fingerprint density at radius 1 is 0.404 bits per heavy atom. The quantitative estimate of drug-likeness (QED) is 0.0974. The van der Waals surface area contributed by atoms with Crippen molar-refractivity contribution in [1.82, 2.24) is 0 Å². The second kappa shape index (κ2) is 40.2. The maximum Gasteiger partial charge on any atom is 0.221 e. The van der Waals surface area contributed by atoms with E-state index in [2.05, 4.69) is 12.2 Å². The highest BCUT2D eigenvalue weighted by atomic mass is 16.6. The summed E-state index contributed by atoms with van der Waals surface area (Å²) in [5.41, 5.74) is 0.731. The van der Waals surface area contributed by atoms with E-state index in [4.69, 9.17) is 61.6 Å². The zero-order valence-electron chi connectivity index (χ0n) is 31.8. The number of anilines is 1. The lowest BCUT2D eigenvalue weighted by Crippen LogP contribution is -2.15. The highest BCUT2D eigenvalue weighted by Gasteiger charge is 1.99. The molecule has 0 heterocycles. The summed E-state index contributed by atoms with van der Waals surface area (Å²) in [6.45, 7) is 16.7. The molecule has 0 spiro atoms. The highest BCUT2D eigenvalue weighted by Crippen LogP contribution is 2.15. The molecule has 1 aromatic carbocycles. The van der Waals surface area contributed by atoms with Gasteiger partial charge in [-0.25, -0.2) is 0 Å². The molecular weight excluding hydrogens is 682 g/mol. The van der Waals surface area contributed by atoms with Crippen molar-refractivity contribution in [2.24, 2.45) is 0 Å². The minimum absolute atomic E-state index is 0.108. The van der Waals surface area contributed by atoms with E-state index in [1.54, 1.807) is 24.3 Å². The van der Waals surface area contributed by atoms with Gasteiger partial charge in [-0.1, -0.05) is 19.8 Å². The predicted octanol–water partition coefficient (Wildman–Crippen LogP) is 3.41. The van der Waals surface area contributed by atoms with Crippen LogP contribution in [0.3, 0.4) is 0 Å². The lowest BCUT2D eigenvalue weighted by molar-refractivity contribution is -0.114. The summed E-state index contributed by atoms with van der Waals surface area (Å²) in [6, 6.07) is 7.18. The van der Waals surface area contributed by atoms with Gasteiger partial charge in [0.2, 0.25) is 5.91 Å². The SMILES string of the molecule is CCCCCOCCOCCOCCOCCOCCOCCOCCOCCOCCOCCOCCOCCOc1ccc(NC(C)=O)cc1. The fraction of sp³-hybridized carbons (Fsp3) is 0.811. The van der Waals surface area contributed by atoms with Gasteiger partial charge in [0.15, 0.2) is 0 Å². The Kier molecular flexibility index (Phi) is 37.1. The van der Waals surface area contributed by atoms with Gasteiger partial charge in [-0.15, -0.1) is 0 Å². The molecule has 1 N–H and O–H groups in total. The molecule has 0 fully saturated rings. The molecule has 0 aliphatic carbocycles. The molecule has 0 aliphatic heterocycles. The summed E-state index contributed by atoms with van der Waals surface area (Å²) in [5, 5.41) is 2.71. The predicted molar refractivity (Wildman–Crippen MR) is 196 cm³/mol. The minimum atomic E-state index is -0.108. The Morgan fingerprint density at radius 2 is 0.673 bits per heavy atom. The maximum atomic E-state index is 11.0. The summed E-state index contributed by atoms with van der Waals surface area (Å²) in [4.78, 5) is 11.0. The van der Waals surface area contributed by atoms with E-state index in [0.717, 1.165) is 18.7 Å². The molecule has 0 saturated carbocycles. The van der Waals surface area contributed by atoms with Gasteiger partial charge in [-0.2, -0.15) is 0 Å².